The third-order valence-electron chi connectivity index (χ3n) is 2.86. The number of fused-ring (bicyclic) bond motifs is 1. The highest BCUT2D eigenvalue weighted by atomic mass is 14.9. The molecule has 1 nitrogen and oxygen atoms in total. The van der Waals surface area contributed by atoms with Gasteiger partial charge in [0.2, 0.25) is 0 Å². The zero-order valence-electron chi connectivity index (χ0n) is 8.43. The molecule has 0 spiro atoms. The molecule has 13 heavy (non-hydrogen) atoms. The number of nitrogens with one attached hydrogen (secondary N) is 1. The van der Waals surface area contributed by atoms with E-state index < -0.39 is 0 Å². The Kier molecular flexibility index (Phi) is 2.26. The molecule has 1 N–H and O–H groups in total. The first-order chi connectivity index (χ1) is 6.31. The molecule has 1 heterocycles. The maximum absolute atomic E-state index is 3.58. The highest BCUT2D eigenvalue weighted by molar-refractivity contribution is 5.59. The summed E-state index contributed by atoms with van der Waals surface area (Å²) in [5, 5.41) is 3.58. The van der Waals surface area contributed by atoms with Gasteiger partial charge in [-0.2, -0.15) is 0 Å². The van der Waals surface area contributed by atoms with E-state index in [4.69, 9.17) is 0 Å². The van der Waals surface area contributed by atoms with Crippen molar-refractivity contribution in [3.8, 4) is 0 Å². The van der Waals surface area contributed by atoms with Crippen molar-refractivity contribution in [2.24, 2.45) is 0 Å². The van der Waals surface area contributed by atoms with E-state index in [9.17, 15) is 0 Å². The topological polar surface area (TPSA) is 12.0 Å². The van der Waals surface area contributed by atoms with Crippen LogP contribution in [-0.2, 0) is 12.8 Å². The van der Waals surface area contributed by atoms with Crippen molar-refractivity contribution in [3.05, 3.63) is 29.3 Å². The maximum atomic E-state index is 3.58. The van der Waals surface area contributed by atoms with E-state index in [1.807, 2.05) is 0 Å². The largest absolute Gasteiger partial charge is 0.382 e. The lowest BCUT2D eigenvalue weighted by Crippen LogP contribution is -2.22. The summed E-state index contributed by atoms with van der Waals surface area (Å²) in [6.07, 6.45) is 3.63. The first kappa shape index (κ1) is 8.61. The molecule has 1 atom stereocenters. The molecule has 0 aliphatic carbocycles. The second kappa shape index (κ2) is 3.41. The van der Waals surface area contributed by atoms with Gasteiger partial charge in [-0.25, -0.2) is 0 Å². The van der Waals surface area contributed by atoms with Gasteiger partial charge in [0.15, 0.2) is 0 Å². The summed E-state index contributed by atoms with van der Waals surface area (Å²) in [4.78, 5) is 0. The van der Waals surface area contributed by atoms with Crippen LogP contribution in [0.25, 0.3) is 0 Å². The molecule has 0 aromatic heterocycles. The van der Waals surface area contributed by atoms with Crippen molar-refractivity contribution in [3.63, 3.8) is 0 Å². The molecule has 1 aliphatic rings. The Morgan fingerprint density at radius 2 is 2.31 bits per heavy atom. The van der Waals surface area contributed by atoms with Gasteiger partial charge in [0.25, 0.3) is 0 Å². The molecule has 0 saturated carbocycles. The van der Waals surface area contributed by atoms with E-state index in [-0.39, 0.29) is 0 Å². The quantitative estimate of drug-likeness (QED) is 0.692. The predicted octanol–water partition coefficient (Wildman–Crippen LogP) is 3.00. The minimum Gasteiger partial charge on any atom is -0.382 e. The van der Waals surface area contributed by atoms with E-state index in [2.05, 4.69) is 37.4 Å². The smallest absolute Gasteiger partial charge is 0.0407 e. The van der Waals surface area contributed by atoms with Crippen LogP contribution < -0.4 is 5.32 Å². The number of para-hydroxylation sites is 1. The fourth-order valence-corrected chi connectivity index (χ4v) is 2.03. The summed E-state index contributed by atoms with van der Waals surface area (Å²) in [5.74, 6) is 0. The molecule has 0 bridgehead atoms. The van der Waals surface area contributed by atoms with Crippen LogP contribution in [-0.4, -0.2) is 6.04 Å². The summed E-state index contributed by atoms with van der Waals surface area (Å²) >= 11 is 0. The summed E-state index contributed by atoms with van der Waals surface area (Å²) < 4.78 is 0. The average molecular weight is 175 g/mol. The molecule has 2 rings (SSSR count). The minimum absolute atomic E-state index is 0.639. The van der Waals surface area contributed by atoms with Crippen molar-refractivity contribution in [2.75, 3.05) is 5.32 Å². The predicted molar refractivity (Wildman–Crippen MR) is 57.2 cm³/mol. The fraction of sp³-hybridized carbons (Fsp3) is 0.500. The normalized spacial score (nSPS) is 20.6. The number of anilines is 1. The molecule has 0 unspecified atom stereocenters. The van der Waals surface area contributed by atoms with Gasteiger partial charge in [0, 0.05) is 11.7 Å². The highest BCUT2D eigenvalue weighted by Gasteiger charge is 2.15. The average Bonchev–Trinajstić information content (AvgIpc) is 2.17. The van der Waals surface area contributed by atoms with Crippen LogP contribution in [0.15, 0.2) is 18.2 Å². The van der Waals surface area contributed by atoms with E-state index in [0.717, 1.165) is 6.42 Å². The number of hydrogen-bond donors (Lipinski definition) is 1. The first-order valence-electron chi connectivity index (χ1n) is 5.18. The summed E-state index contributed by atoms with van der Waals surface area (Å²) in [6, 6.07) is 7.28. The van der Waals surface area contributed by atoms with Crippen LogP contribution in [0, 0.1) is 0 Å². The van der Waals surface area contributed by atoms with Crippen LogP contribution in [0.3, 0.4) is 0 Å². The molecule has 0 saturated heterocycles. The van der Waals surface area contributed by atoms with Gasteiger partial charge < -0.3 is 5.32 Å². The number of hydrogen-bond acceptors (Lipinski definition) is 1. The lowest BCUT2D eigenvalue weighted by atomic mass is 9.95. The van der Waals surface area contributed by atoms with Crippen LogP contribution in [0.1, 0.15) is 31.4 Å². The zero-order chi connectivity index (χ0) is 9.26. The molecular weight excluding hydrogens is 158 g/mol. The summed E-state index contributed by atoms with van der Waals surface area (Å²) in [7, 11) is 0. The second-order valence-electron chi connectivity index (χ2n) is 3.89. The third kappa shape index (κ3) is 1.55. The molecule has 1 aromatic rings. The van der Waals surface area contributed by atoms with E-state index in [1.165, 1.54) is 29.7 Å². The SMILES string of the molecule is CCc1cccc2c1N[C@H](C)CC2. The van der Waals surface area contributed by atoms with Crippen LogP contribution >= 0.6 is 0 Å². The Hall–Kier alpha value is -0.980. The van der Waals surface area contributed by atoms with Gasteiger partial charge in [-0.15, -0.1) is 0 Å². The summed E-state index contributed by atoms with van der Waals surface area (Å²) in [5.41, 5.74) is 4.37. The maximum Gasteiger partial charge on any atom is 0.0407 e. The van der Waals surface area contributed by atoms with E-state index in [1.54, 1.807) is 0 Å². The zero-order valence-corrected chi connectivity index (χ0v) is 8.43. The standard InChI is InChI=1S/C12H17N/c1-3-10-5-4-6-11-8-7-9(2)13-12(10)11/h4-6,9,13H,3,7-8H2,1-2H3/t9-/m1/s1. The third-order valence-corrected chi connectivity index (χ3v) is 2.86. The number of aryl methyl sites for hydroxylation is 2. The lowest BCUT2D eigenvalue weighted by Gasteiger charge is -2.26. The summed E-state index contributed by atoms with van der Waals surface area (Å²) in [6.45, 7) is 4.48. The molecule has 70 valence electrons. The molecule has 0 radical (unpaired) electrons. The molecule has 1 heteroatoms. The first-order valence-corrected chi connectivity index (χ1v) is 5.18. The Morgan fingerprint density at radius 3 is 3.08 bits per heavy atom. The van der Waals surface area contributed by atoms with Crippen molar-refractivity contribution < 1.29 is 0 Å². The lowest BCUT2D eigenvalue weighted by molar-refractivity contribution is 0.678. The van der Waals surface area contributed by atoms with Crippen molar-refractivity contribution in [1.82, 2.24) is 0 Å². The Morgan fingerprint density at radius 1 is 1.46 bits per heavy atom. The Balaban J connectivity index is 2.41. The fourth-order valence-electron chi connectivity index (χ4n) is 2.03. The van der Waals surface area contributed by atoms with E-state index in [0.29, 0.717) is 6.04 Å². The molecule has 1 aliphatic heterocycles. The van der Waals surface area contributed by atoms with Crippen LogP contribution in [0.2, 0.25) is 0 Å². The van der Waals surface area contributed by atoms with Gasteiger partial charge in [0.05, 0.1) is 0 Å². The van der Waals surface area contributed by atoms with Crippen LogP contribution in [0.4, 0.5) is 5.69 Å². The van der Waals surface area contributed by atoms with Crippen molar-refractivity contribution >= 4 is 5.69 Å². The van der Waals surface area contributed by atoms with Crippen molar-refractivity contribution in [1.29, 1.82) is 0 Å². The van der Waals surface area contributed by atoms with Gasteiger partial charge in [0.1, 0.15) is 0 Å². The number of benzene rings is 1. The van der Waals surface area contributed by atoms with Gasteiger partial charge in [-0.3, -0.25) is 0 Å². The van der Waals surface area contributed by atoms with Gasteiger partial charge in [-0.1, -0.05) is 25.1 Å². The monoisotopic (exact) mass is 175 g/mol. The van der Waals surface area contributed by atoms with Gasteiger partial charge >= 0.3 is 0 Å². The number of rotatable bonds is 1. The van der Waals surface area contributed by atoms with E-state index >= 15 is 0 Å². The Bertz CT molecular complexity index is 290. The Labute approximate surface area is 80.2 Å². The second-order valence-corrected chi connectivity index (χ2v) is 3.89. The van der Waals surface area contributed by atoms with Crippen molar-refractivity contribution in [2.45, 2.75) is 39.2 Å². The van der Waals surface area contributed by atoms with Crippen LogP contribution in [0.5, 0.6) is 0 Å². The van der Waals surface area contributed by atoms with Gasteiger partial charge in [-0.05, 0) is 37.3 Å². The molecule has 1 aromatic carbocycles. The highest BCUT2D eigenvalue weighted by Crippen LogP contribution is 2.28. The minimum atomic E-state index is 0.639. The molecule has 0 fully saturated rings. The molecular formula is C12H17N. The molecule has 0 amide bonds.